The van der Waals surface area contributed by atoms with Crippen LogP contribution in [-0.4, -0.2) is 4.98 Å². The van der Waals surface area contributed by atoms with E-state index in [9.17, 15) is 18.4 Å². The summed E-state index contributed by atoms with van der Waals surface area (Å²) in [6, 6.07) is 17.8. The van der Waals surface area contributed by atoms with E-state index < -0.39 is 17.8 Å². The molecule has 6 heteroatoms. The quantitative estimate of drug-likeness (QED) is 0.580. The van der Waals surface area contributed by atoms with Crippen LogP contribution in [0.25, 0.3) is 0 Å². The van der Waals surface area contributed by atoms with Crippen LogP contribution < -0.4 is 4.90 Å². The Morgan fingerprint density at radius 1 is 1.00 bits per heavy atom. The van der Waals surface area contributed by atoms with Crippen molar-refractivity contribution in [2.75, 3.05) is 4.90 Å². The van der Waals surface area contributed by atoms with Gasteiger partial charge in [0.15, 0.2) is 0 Å². The molecule has 0 aliphatic carbocycles. The molecule has 0 amide bonds. The maximum atomic E-state index is 13.0. The molecule has 1 aliphatic heterocycles. The maximum absolute atomic E-state index is 13.0. The van der Waals surface area contributed by atoms with Crippen molar-refractivity contribution in [3.05, 3.63) is 107 Å². The van der Waals surface area contributed by atoms with Gasteiger partial charge in [-0.15, -0.1) is 0 Å². The van der Waals surface area contributed by atoms with Crippen molar-refractivity contribution in [3.63, 3.8) is 0 Å². The van der Waals surface area contributed by atoms with Crippen LogP contribution in [0, 0.1) is 11.3 Å². The number of halogens is 3. The van der Waals surface area contributed by atoms with Crippen LogP contribution in [0.5, 0.6) is 0 Å². The fourth-order valence-electron chi connectivity index (χ4n) is 3.57. The van der Waals surface area contributed by atoms with Gasteiger partial charge in [0, 0.05) is 18.1 Å². The molecular formula is C23H16F3N3. The van der Waals surface area contributed by atoms with Crippen LogP contribution in [0.4, 0.5) is 18.9 Å². The zero-order valence-electron chi connectivity index (χ0n) is 15.3. The molecule has 1 aromatic heterocycles. The summed E-state index contributed by atoms with van der Waals surface area (Å²) in [6.45, 7) is 0. The van der Waals surface area contributed by atoms with Crippen LogP contribution in [-0.2, 0) is 12.6 Å². The normalized spacial score (nSPS) is 14.2. The van der Waals surface area contributed by atoms with E-state index in [1.165, 1.54) is 12.1 Å². The first-order chi connectivity index (χ1) is 14.0. The highest BCUT2D eigenvalue weighted by molar-refractivity contribution is 5.63. The number of allylic oxidation sites excluding steroid dienone is 1. The third kappa shape index (κ3) is 3.59. The lowest BCUT2D eigenvalue weighted by Gasteiger charge is -2.34. The number of hydrogen-bond acceptors (Lipinski definition) is 3. The van der Waals surface area contributed by atoms with Gasteiger partial charge in [-0.05, 0) is 47.9 Å². The Labute approximate surface area is 166 Å². The molecule has 0 bridgehead atoms. The lowest BCUT2D eigenvalue weighted by atomic mass is 9.94. The molecule has 0 unspecified atom stereocenters. The molecule has 1 aliphatic rings. The van der Waals surface area contributed by atoms with Crippen LogP contribution in [0.1, 0.15) is 34.0 Å². The summed E-state index contributed by atoms with van der Waals surface area (Å²) in [4.78, 5) is 6.39. The molecule has 0 spiro atoms. The molecule has 144 valence electrons. The standard InChI is InChI=1S/C23H16F3N3/c24-23(25,26)19-11-9-17(10-12-19)22(21-18(15-27)6-3-13-28-21)29-14-4-7-16-5-1-2-8-20(16)29/h1-6,8-14,22H,7H2/t22-/m0/s1. The second kappa shape index (κ2) is 7.44. The maximum Gasteiger partial charge on any atom is 0.416 e. The average molecular weight is 391 g/mol. The average Bonchev–Trinajstić information content (AvgIpc) is 2.74. The molecule has 2 heterocycles. The summed E-state index contributed by atoms with van der Waals surface area (Å²) in [5.74, 6) is 0. The Kier molecular flexibility index (Phi) is 4.81. The minimum atomic E-state index is -4.41. The largest absolute Gasteiger partial charge is 0.416 e. The smallest absolute Gasteiger partial charge is 0.335 e. The molecule has 0 N–H and O–H groups in total. The number of anilines is 1. The molecule has 1 atom stereocenters. The fourth-order valence-corrected chi connectivity index (χ4v) is 3.57. The van der Waals surface area contributed by atoms with Crippen molar-refractivity contribution < 1.29 is 13.2 Å². The summed E-state index contributed by atoms with van der Waals surface area (Å²) in [7, 11) is 0. The van der Waals surface area contributed by atoms with Gasteiger partial charge in [-0.3, -0.25) is 4.98 Å². The van der Waals surface area contributed by atoms with Crippen LogP contribution in [0.2, 0.25) is 0 Å². The molecular weight excluding hydrogens is 375 g/mol. The topological polar surface area (TPSA) is 39.9 Å². The van der Waals surface area contributed by atoms with Gasteiger partial charge < -0.3 is 4.90 Å². The number of aromatic nitrogens is 1. The van der Waals surface area contributed by atoms with Crippen molar-refractivity contribution in [1.29, 1.82) is 5.26 Å². The van der Waals surface area contributed by atoms with Crippen LogP contribution in [0.15, 0.2) is 79.1 Å². The minimum Gasteiger partial charge on any atom is -0.335 e. The Morgan fingerprint density at radius 3 is 2.48 bits per heavy atom. The number of hydrogen-bond donors (Lipinski definition) is 0. The SMILES string of the molecule is N#Cc1cccnc1[C@H](c1ccc(C(F)(F)F)cc1)N1C=CCc2ccccc21. The summed E-state index contributed by atoms with van der Waals surface area (Å²) in [5, 5.41) is 9.58. The third-order valence-corrected chi connectivity index (χ3v) is 4.92. The Hall–Kier alpha value is -3.59. The van der Waals surface area contributed by atoms with E-state index >= 15 is 0 Å². The second-order valence-corrected chi connectivity index (χ2v) is 6.70. The molecule has 0 radical (unpaired) electrons. The predicted octanol–water partition coefficient (Wildman–Crippen LogP) is 5.64. The van der Waals surface area contributed by atoms with E-state index in [0.717, 1.165) is 29.8 Å². The minimum absolute atomic E-state index is 0.383. The summed E-state index contributed by atoms with van der Waals surface area (Å²) in [6.07, 6.45) is 1.84. The molecule has 0 fully saturated rings. The predicted molar refractivity (Wildman–Crippen MR) is 104 cm³/mol. The van der Waals surface area contributed by atoms with Crippen molar-refractivity contribution in [2.24, 2.45) is 0 Å². The van der Waals surface area contributed by atoms with Crippen LogP contribution >= 0.6 is 0 Å². The van der Waals surface area contributed by atoms with Gasteiger partial charge in [0.1, 0.15) is 12.1 Å². The molecule has 2 aromatic carbocycles. The van der Waals surface area contributed by atoms with Crippen molar-refractivity contribution >= 4 is 5.69 Å². The molecule has 0 saturated carbocycles. The summed E-state index contributed by atoms with van der Waals surface area (Å²) < 4.78 is 39.1. The van der Waals surface area contributed by atoms with E-state index in [4.69, 9.17) is 0 Å². The Bertz CT molecular complexity index is 1100. The first kappa shape index (κ1) is 18.8. The van der Waals surface area contributed by atoms with Gasteiger partial charge in [-0.2, -0.15) is 18.4 Å². The van der Waals surface area contributed by atoms with Gasteiger partial charge in [0.25, 0.3) is 0 Å². The summed E-state index contributed by atoms with van der Waals surface area (Å²) >= 11 is 0. The molecule has 3 nitrogen and oxygen atoms in total. The number of alkyl halides is 3. The molecule has 0 saturated heterocycles. The highest BCUT2D eigenvalue weighted by Gasteiger charge is 2.32. The van der Waals surface area contributed by atoms with E-state index in [1.54, 1.807) is 18.3 Å². The number of nitrogens with zero attached hydrogens (tertiary/aromatic N) is 3. The molecule has 29 heavy (non-hydrogen) atoms. The Morgan fingerprint density at radius 2 is 1.76 bits per heavy atom. The molecule has 4 rings (SSSR count). The number of pyridine rings is 1. The zero-order valence-corrected chi connectivity index (χ0v) is 15.3. The van der Waals surface area contributed by atoms with Gasteiger partial charge in [-0.1, -0.05) is 36.4 Å². The monoisotopic (exact) mass is 391 g/mol. The number of nitriles is 1. The van der Waals surface area contributed by atoms with E-state index in [2.05, 4.69) is 11.1 Å². The van der Waals surface area contributed by atoms with Crippen molar-refractivity contribution in [2.45, 2.75) is 18.6 Å². The zero-order chi connectivity index (χ0) is 20.4. The van der Waals surface area contributed by atoms with Gasteiger partial charge in [0.2, 0.25) is 0 Å². The van der Waals surface area contributed by atoms with Gasteiger partial charge >= 0.3 is 6.18 Å². The molecule has 3 aromatic rings. The lowest BCUT2D eigenvalue weighted by Crippen LogP contribution is -2.28. The first-order valence-electron chi connectivity index (χ1n) is 9.04. The first-order valence-corrected chi connectivity index (χ1v) is 9.04. The highest BCUT2D eigenvalue weighted by Crippen LogP contribution is 2.38. The number of benzene rings is 2. The van der Waals surface area contributed by atoms with Gasteiger partial charge in [0.05, 0.1) is 16.8 Å². The number of para-hydroxylation sites is 1. The van der Waals surface area contributed by atoms with E-state index in [-0.39, 0.29) is 0 Å². The third-order valence-electron chi connectivity index (χ3n) is 4.92. The van der Waals surface area contributed by atoms with Crippen LogP contribution in [0.3, 0.4) is 0 Å². The van der Waals surface area contributed by atoms with Crippen molar-refractivity contribution in [3.8, 4) is 6.07 Å². The lowest BCUT2D eigenvalue weighted by molar-refractivity contribution is -0.137. The van der Waals surface area contributed by atoms with E-state index in [1.807, 2.05) is 41.4 Å². The fraction of sp³-hybridized carbons (Fsp3) is 0.130. The van der Waals surface area contributed by atoms with Crippen molar-refractivity contribution in [1.82, 2.24) is 4.98 Å². The summed E-state index contributed by atoms with van der Waals surface area (Å²) in [5.41, 5.74) is 2.83. The number of fused-ring (bicyclic) bond motifs is 1. The second-order valence-electron chi connectivity index (χ2n) is 6.70. The Balaban J connectivity index is 1.88. The highest BCUT2D eigenvalue weighted by atomic mass is 19.4. The number of rotatable bonds is 3. The van der Waals surface area contributed by atoms with Gasteiger partial charge in [-0.25, -0.2) is 0 Å². The van der Waals surface area contributed by atoms with E-state index in [0.29, 0.717) is 16.8 Å².